The first-order chi connectivity index (χ1) is 10.2. The number of nitrogen functional groups attached to an aromatic ring is 2. The number of hydrogen-bond acceptors (Lipinski definition) is 4. The lowest BCUT2D eigenvalue weighted by molar-refractivity contribution is 0.267. The van der Waals surface area contributed by atoms with E-state index in [9.17, 15) is 0 Å². The van der Waals surface area contributed by atoms with Gasteiger partial charge in [0.25, 0.3) is 0 Å². The van der Waals surface area contributed by atoms with E-state index >= 15 is 0 Å². The first-order valence-corrected chi connectivity index (χ1v) is 7.13. The molecule has 2 aromatic carbocycles. The van der Waals surface area contributed by atoms with Crippen molar-refractivity contribution in [2.24, 2.45) is 0 Å². The van der Waals surface area contributed by atoms with E-state index in [0.29, 0.717) is 24.6 Å². The van der Waals surface area contributed by atoms with Gasteiger partial charge in [-0.25, -0.2) is 0 Å². The van der Waals surface area contributed by atoms with Gasteiger partial charge in [-0.2, -0.15) is 0 Å². The molecule has 4 N–H and O–H groups in total. The molecule has 4 heteroatoms. The molecular weight excluding hydrogens is 264 g/mol. The molecule has 0 radical (unpaired) electrons. The Morgan fingerprint density at radius 2 is 1.62 bits per heavy atom. The van der Waals surface area contributed by atoms with E-state index in [4.69, 9.17) is 20.9 Å². The highest BCUT2D eigenvalue weighted by Gasteiger charge is 2.02. The number of nitrogens with two attached hydrogens (primary N) is 2. The average molecular weight is 286 g/mol. The number of rotatable bonds is 7. The molecule has 0 spiro atoms. The number of hydrogen-bond donors (Lipinski definition) is 2. The van der Waals surface area contributed by atoms with Crippen LogP contribution in [0.1, 0.15) is 18.4 Å². The second-order valence-electron chi connectivity index (χ2n) is 4.96. The highest BCUT2D eigenvalue weighted by atomic mass is 16.5. The molecule has 0 aromatic heterocycles. The Hall–Kier alpha value is -2.36. The molecular formula is C17H22N2O2. The Balaban J connectivity index is 1.65. The zero-order chi connectivity index (χ0) is 15.1. The molecule has 0 aliphatic rings. The van der Waals surface area contributed by atoms with E-state index in [1.54, 1.807) is 0 Å². The third kappa shape index (κ3) is 4.60. The van der Waals surface area contributed by atoms with Gasteiger partial charge in [-0.3, -0.25) is 0 Å². The minimum atomic E-state index is 0.633. The molecule has 112 valence electrons. The molecule has 0 amide bonds. The Morgan fingerprint density at radius 3 is 2.38 bits per heavy atom. The molecule has 0 saturated carbocycles. The van der Waals surface area contributed by atoms with E-state index in [1.807, 2.05) is 49.4 Å². The van der Waals surface area contributed by atoms with Crippen LogP contribution in [0.3, 0.4) is 0 Å². The maximum atomic E-state index is 5.95. The molecule has 4 nitrogen and oxygen atoms in total. The summed E-state index contributed by atoms with van der Waals surface area (Å²) < 4.78 is 11.3. The molecule has 0 saturated heterocycles. The van der Waals surface area contributed by atoms with E-state index in [2.05, 4.69) is 0 Å². The molecule has 0 aliphatic carbocycles. The summed E-state index contributed by atoms with van der Waals surface area (Å²) in [5.41, 5.74) is 14.1. The molecule has 0 atom stereocenters. The van der Waals surface area contributed by atoms with Crippen molar-refractivity contribution in [1.82, 2.24) is 0 Å². The Bertz CT molecular complexity index is 585. The lowest BCUT2D eigenvalue weighted by Gasteiger charge is -2.11. The third-order valence-electron chi connectivity index (χ3n) is 3.21. The summed E-state index contributed by atoms with van der Waals surface area (Å²) >= 11 is 0. The van der Waals surface area contributed by atoms with Crippen LogP contribution >= 0.6 is 0 Å². The van der Waals surface area contributed by atoms with Gasteiger partial charge in [0.05, 0.1) is 18.9 Å². The van der Waals surface area contributed by atoms with Gasteiger partial charge in [0.15, 0.2) is 0 Å². The fourth-order valence-electron chi connectivity index (χ4n) is 1.96. The van der Waals surface area contributed by atoms with Crippen LogP contribution < -0.4 is 20.9 Å². The van der Waals surface area contributed by atoms with E-state index in [0.717, 1.165) is 29.9 Å². The van der Waals surface area contributed by atoms with Crippen molar-refractivity contribution in [1.29, 1.82) is 0 Å². The van der Waals surface area contributed by atoms with Crippen molar-refractivity contribution in [3.63, 3.8) is 0 Å². The highest BCUT2D eigenvalue weighted by molar-refractivity contribution is 5.57. The van der Waals surface area contributed by atoms with Gasteiger partial charge in [0.2, 0.25) is 0 Å². The van der Waals surface area contributed by atoms with E-state index < -0.39 is 0 Å². The fourth-order valence-corrected chi connectivity index (χ4v) is 1.96. The standard InChI is InChI=1S/C17H22N2O2/c1-13-6-4-9-16(17(13)19)21-11-3-2-10-20-15-8-5-7-14(18)12-15/h4-9,12H,2-3,10-11,18-19H2,1H3. The van der Waals surface area contributed by atoms with E-state index in [-0.39, 0.29) is 0 Å². The second kappa shape index (κ2) is 7.43. The SMILES string of the molecule is Cc1cccc(OCCCCOc2cccc(N)c2)c1N. The summed E-state index contributed by atoms with van der Waals surface area (Å²) in [6.45, 7) is 3.26. The zero-order valence-corrected chi connectivity index (χ0v) is 12.3. The van der Waals surface area contributed by atoms with Crippen molar-refractivity contribution in [3.05, 3.63) is 48.0 Å². The molecule has 2 aromatic rings. The van der Waals surface area contributed by atoms with Crippen molar-refractivity contribution < 1.29 is 9.47 Å². The molecule has 0 fully saturated rings. The van der Waals surface area contributed by atoms with Crippen LogP contribution in [0.5, 0.6) is 11.5 Å². The maximum absolute atomic E-state index is 5.95. The first kappa shape index (κ1) is 15.0. The van der Waals surface area contributed by atoms with Gasteiger partial charge in [-0.05, 0) is 43.5 Å². The van der Waals surface area contributed by atoms with Crippen LogP contribution in [0.25, 0.3) is 0 Å². The third-order valence-corrected chi connectivity index (χ3v) is 3.21. The van der Waals surface area contributed by atoms with Crippen LogP contribution in [0, 0.1) is 6.92 Å². The van der Waals surface area contributed by atoms with Crippen molar-refractivity contribution in [2.45, 2.75) is 19.8 Å². The quantitative estimate of drug-likeness (QED) is 0.604. The summed E-state index contributed by atoms with van der Waals surface area (Å²) in [7, 11) is 0. The lowest BCUT2D eigenvalue weighted by atomic mass is 10.2. The van der Waals surface area contributed by atoms with Gasteiger partial charge in [0, 0.05) is 11.8 Å². The van der Waals surface area contributed by atoms with Gasteiger partial charge in [-0.1, -0.05) is 18.2 Å². The number of para-hydroxylation sites is 1. The summed E-state index contributed by atoms with van der Waals surface area (Å²) in [6.07, 6.45) is 1.83. The summed E-state index contributed by atoms with van der Waals surface area (Å²) in [5.74, 6) is 1.56. The van der Waals surface area contributed by atoms with Crippen LogP contribution in [0.2, 0.25) is 0 Å². The van der Waals surface area contributed by atoms with E-state index in [1.165, 1.54) is 0 Å². The van der Waals surface area contributed by atoms with Crippen LogP contribution in [-0.4, -0.2) is 13.2 Å². The minimum Gasteiger partial charge on any atom is -0.494 e. The molecule has 0 bridgehead atoms. The predicted molar refractivity (Wildman–Crippen MR) is 86.7 cm³/mol. The second-order valence-corrected chi connectivity index (χ2v) is 4.96. The molecule has 21 heavy (non-hydrogen) atoms. The maximum Gasteiger partial charge on any atom is 0.142 e. The Labute approximate surface area is 125 Å². The summed E-state index contributed by atoms with van der Waals surface area (Å²) in [6, 6.07) is 13.3. The van der Waals surface area contributed by atoms with Crippen LogP contribution in [-0.2, 0) is 0 Å². The molecule has 0 heterocycles. The number of ether oxygens (including phenoxy) is 2. The number of anilines is 2. The average Bonchev–Trinajstić information content (AvgIpc) is 2.47. The number of aryl methyl sites for hydroxylation is 1. The highest BCUT2D eigenvalue weighted by Crippen LogP contribution is 2.24. The van der Waals surface area contributed by atoms with Crippen LogP contribution in [0.15, 0.2) is 42.5 Å². The molecule has 2 rings (SSSR count). The van der Waals surface area contributed by atoms with Crippen molar-refractivity contribution in [2.75, 3.05) is 24.7 Å². The number of unbranched alkanes of at least 4 members (excludes halogenated alkanes) is 1. The monoisotopic (exact) mass is 286 g/mol. The Kier molecular flexibility index (Phi) is 5.32. The minimum absolute atomic E-state index is 0.633. The van der Waals surface area contributed by atoms with Gasteiger partial charge >= 0.3 is 0 Å². The van der Waals surface area contributed by atoms with Gasteiger partial charge < -0.3 is 20.9 Å². The van der Waals surface area contributed by atoms with Gasteiger partial charge in [-0.15, -0.1) is 0 Å². The zero-order valence-electron chi connectivity index (χ0n) is 12.3. The fraction of sp³-hybridized carbons (Fsp3) is 0.294. The lowest BCUT2D eigenvalue weighted by Crippen LogP contribution is -2.04. The Morgan fingerprint density at radius 1 is 0.905 bits per heavy atom. The topological polar surface area (TPSA) is 70.5 Å². The predicted octanol–water partition coefficient (Wildman–Crippen LogP) is 3.40. The number of benzene rings is 2. The summed E-state index contributed by atoms with van der Waals surface area (Å²) in [5, 5.41) is 0. The largest absolute Gasteiger partial charge is 0.494 e. The van der Waals surface area contributed by atoms with Gasteiger partial charge in [0.1, 0.15) is 11.5 Å². The normalized spacial score (nSPS) is 10.3. The molecule has 0 aliphatic heterocycles. The molecule has 0 unspecified atom stereocenters. The van der Waals surface area contributed by atoms with Crippen molar-refractivity contribution in [3.8, 4) is 11.5 Å². The van der Waals surface area contributed by atoms with Crippen LogP contribution in [0.4, 0.5) is 11.4 Å². The summed E-state index contributed by atoms with van der Waals surface area (Å²) in [4.78, 5) is 0. The smallest absolute Gasteiger partial charge is 0.142 e. The van der Waals surface area contributed by atoms with Crippen molar-refractivity contribution >= 4 is 11.4 Å². The first-order valence-electron chi connectivity index (χ1n) is 7.13.